The second kappa shape index (κ2) is 4.75. The predicted molar refractivity (Wildman–Crippen MR) is 52.0 cm³/mol. The zero-order valence-corrected chi connectivity index (χ0v) is 8.65. The van der Waals surface area contributed by atoms with E-state index in [4.69, 9.17) is 9.84 Å². The normalized spacial score (nSPS) is 10.1. The Morgan fingerprint density at radius 3 is 2.80 bits per heavy atom. The number of nitrogens with zero attached hydrogens (tertiary/aromatic N) is 1. The van der Waals surface area contributed by atoms with Crippen molar-refractivity contribution in [3.8, 4) is 5.75 Å². The van der Waals surface area contributed by atoms with E-state index in [9.17, 15) is 9.90 Å². The summed E-state index contributed by atoms with van der Waals surface area (Å²) in [6, 6.07) is 0. The van der Waals surface area contributed by atoms with E-state index in [1.165, 1.54) is 13.1 Å². The van der Waals surface area contributed by atoms with Crippen LogP contribution in [0.25, 0.3) is 0 Å². The first-order chi connectivity index (χ1) is 7.06. The number of rotatable bonds is 3. The average molecular weight is 211 g/mol. The number of hydrogen-bond acceptors (Lipinski definition) is 5. The van der Waals surface area contributed by atoms with Crippen LogP contribution in [0.1, 0.15) is 23.7 Å². The van der Waals surface area contributed by atoms with Crippen molar-refractivity contribution in [1.82, 2.24) is 4.98 Å². The van der Waals surface area contributed by atoms with Gasteiger partial charge in [0.15, 0.2) is 0 Å². The Hall–Kier alpha value is -1.62. The number of ether oxygens (including phenoxy) is 1. The quantitative estimate of drug-likeness (QED) is 0.717. The Morgan fingerprint density at radius 2 is 2.27 bits per heavy atom. The van der Waals surface area contributed by atoms with Crippen molar-refractivity contribution >= 4 is 5.97 Å². The maximum Gasteiger partial charge on any atom is 0.302 e. The number of aliphatic hydroxyl groups excluding tert-OH is 1. The number of aromatic nitrogens is 1. The third kappa shape index (κ3) is 2.66. The molecule has 2 N–H and O–H groups in total. The highest BCUT2D eigenvalue weighted by atomic mass is 16.5. The first-order valence-electron chi connectivity index (χ1n) is 4.46. The first kappa shape index (κ1) is 11.5. The molecule has 0 unspecified atom stereocenters. The average Bonchev–Trinajstić information content (AvgIpc) is 2.20. The van der Waals surface area contributed by atoms with Crippen LogP contribution in [0.15, 0.2) is 6.20 Å². The molecule has 0 aromatic carbocycles. The fourth-order valence-corrected chi connectivity index (χ4v) is 1.16. The van der Waals surface area contributed by atoms with Crippen LogP contribution in [-0.2, 0) is 22.7 Å². The Balaban J connectivity index is 3.01. The van der Waals surface area contributed by atoms with Crippen LogP contribution in [0.3, 0.4) is 0 Å². The molecule has 0 fully saturated rings. The van der Waals surface area contributed by atoms with Crippen molar-refractivity contribution in [3.05, 3.63) is 23.0 Å². The molecule has 15 heavy (non-hydrogen) atoms. The molecule has 0 saturated heterocycles. The van der Waals surface area contributed by atoms with Gasteiger partial charge in [-0.1, -0.05) is 0 Å². The van der Waals surface area contributed by atoms with Crippen molar-refractivity contribution in [3.63, 3.8) is 0 Å². The number of aromatic hydroxyl groups is 1. The van der Waals surface area contributed by atoms with Crippen LogP contribution in [0.5, 0.6) is 5.75 Å². The topological polar surface area (TPSA) is 79.7 Å². The van der Waals surface area contributed by atoms with Gasteiger partial charge in [-0.2, -0.15) is 0 Å². The Labute approximate surface area is 87.3 Å². The minimum atomic E-state index is -0.437. The molecular formula is C10H13NO4. The van der Waals surface area contributed by atoms with Crippen molar-refractivity contribution in [2.75, 3.05) is 0 Å². The summed E-state index contributed by atoms with van der Waals surface area (Å²) in [5, 5.41) is 18.7. The number of esters is 1. The van der Waals surface area contributed by atoms with Crippen LogP contribution >= 0.6 is 0 Å². The third-order valence-corrected chi connectivity index (χ3v) is 2.02. The van der Waals surface area contributed by atoms with E-state index in [-0.39, 0.29) is 19.0 Å². The molecule has 82 valence electrons. The van der Waals surface area contributed by atoms with Gasteiger partial charge in [0.2, 0.25) is 0 Å². The third-order valence-electron chi connectivity index (χ3n) is 2.02. The molecule has 1 heterocycles. The molecular weight excluding hydrogens is 198 g/mol. The van der Waals surface area contributed by atoms with Crippen LogP contribution < -0.4 is 0 Å². The van der Waals surface area contributed by atoms with Crippen LogP contribution in [0, 0.1) is 6.92 Å². The molecule has 0 radical (unpaired) electrons. The van der Waals surface area contributed by atoms with E-state index in [2.05, 4.69) is 4.98 Å². The first-order valence-corrected chi connectivity index (χ1v) is 4.46. The number of aryl methyl sites for hydroxylation is 1. The van der Waals surface area contributed by atoms with E-state index in [0.717, 1.165) is 0 Å². The Bertz CT molecular complexity index is 376. The largest absolute Gasteiger partial charge is 0.506 e. The molecule has 1 aromatic rings. The van der Waals surface area contributed by atoms with E-state index in [1.54, 1.807) is 6.92 Å². The van der Waals surface area contributed by atoms with Crippen molar-refractivity contribution in [2.45, 2.75) is 27.1 Å². The van der Waals surface area contributed by atoms with Gasteiger partial charge in [0.25, 0.3) is 0 Å². The maximum atomic E-state index is 10.6. The van der Waals surface area contributed by atoms with Gasteiger partial charge in [-0.05, 0) is 6.92 Å². The number of aliphatic hydroxyl groups is 1. The van der Waals surface area contributed by atoms with E-state index >= 15 is 0 Å². The molecule has 0 aliphatic carbocycles. The molecule has 1 aromatic heterocycles. The highest BCUT2D eigenvalue weighted by molar-refractivity contribution is 5.66. The predicted octanol–water partition coefficient (Wildman–Crippen LogP) is 0.651. The number of carbonyl (C=O) groups is 1. The number of hydrogen-bond donors (Lipinski definition) is 2. The van der Waals surface area contributed by atoms with E-state index in [0.29, 0.717) is 16.8 Å². The van der Waals surface area contributed by atoms with Gasteiger partial charge in [0.05, 0.1) is 12.3 Å². The fraction of sp³-hybridized carbons (Fsp3) is 0.400. The Kier molecular flexibility index (Phi) is 3.62. The van der Waals surface area contributed by atoms with Crippen LogP contribution in [-0.4, -0.2) is 21.2 Å². The molecule has 5 heteroatoms. The summed E-state index contributed by atoms with van der Waals surface area (Å²) >= 11 is 0. The Morgan fingerprint density at radius 1 is 1.60 bits per heavy atom. The lowest BCUT2D eigenvalue weighted by Crippen LogP contribution is -2.04. The van der Waals surface area contributed by atoms with E-state index in [1.807, 2.05) is 0 Å². The highest BCUT2D eigenvalue weighted by Gasteiger charge is 2.12. The van der Waals surface area contributed by atoms with Crippen molar-refractivity contribution < 1.29 is 19.7 Å². The lowest BCUT2D eigenvalue weighted by molar-refractivity contribution is -0.142. The van der Waals surface area contributed by atoms with Gasteiger partial charge in [-0.3, -0.25) is 9.78 Å². The SMILES string of the molecule is CC(=O)OCc1c(CO)cnc(C)c1O. The molecule has 0 atom stereocenters. The highest BCUT2D eigenvalue weighted by Crippen LogP contribution is 2.24. The summed E-state index contributed by atoms with van der Waals surface area (Å²) in [4.78, 5) is 14.5. The van der Waals surface area contributed by atoms with Gasteiger partial charge in [0.1, 0.15) is 12.4 Å². The zero-order valence-electron chi connectivity index (χ0n) is 8.65. The van der Waals surface area contributed by atoms with Gasteiger partial charge < -0.3 is 14.9 Å². The van der Waals surface area contributed by atoms with Gasteiger partial charge in [-0.15, -0.1) is 0 Å². The molecule has 0 bridgehead atoms. The van der Waals surface area contributed by atoms with Crippen LogP contribution in [0.4, 0.5) is 0 Å². The molecule has 0 aliphatic rings. The van der Waals surface area contributed by atoms with Gasteiger partial charge in [-0.25, -0.2) is 0 Å². The fourth-order valence-electron chi connectivity index (χ4n) is 1.16. The van der Waals surface area contributed by atoms with Crippen molar-refractivity contribution in [2.24, 2.45) is 0 Å². The molecule has 0 saturated carbocycles. The summed E-state index contributed by atoms with van der Waals surface area (Å²) in [5.41, 5.74) is 1.30. The lowest BCUT2D eigenvalue weighted by atomic mass is 10.1. The van der Waals surface area contributed by atoms with Gasteiger partial charge in [0, 0.05) is 24.2 Å². The minimum absolute atomic E-state index is 0.0391. The summed E-state index contributed by atoms with van der Waals surface area (Å²) in [6.07, 6.45) is 1.45. The van der Waals surface area contributed by atoms with E-state index < -0.39 is 5.97 Å². The number of carbonyl (C=O) groups excluding carboxylic acids is 1. The maximum absolute atomic E-state index is 10.6. The minimum Gasteiger partial charge on any atom is -0.506 e. The second-order valence-electron chi connectivity index (χ2n) is 3.13. The monoisotopic (exact) mass is 211 g/mol. The molecule has 0 aliphatic heterocycles. The van der Waals surface area contributed by atoms with Crippen molar-refractivity contribution in [1.29, 1.82) is 0 Å². The number of pyridine rings is 1. The van der Waals surface area contributed by atoms with Crippen LogP contribution in [0.2, 0.25) is 0 Å². The standard InChI is InChI=1S/C10H13NO4/c1-6-10(14)9(5-15-7(2)13)8(4-12)3-11-6/h3,12,14H,4-5H2,1-2H3. The second-order valence-corrected chi connectivity index (χ2v) is 3.13. The molecule has 0 spiro atoms. The van der Waals surface area contributed by atoms with Gasteiger partial charge >= 0.3 is 5.97 Å². The molecule has 0 amide bonds. The summed E-state index contributed by atoms with van der Waals surface area (Å²) < 4.78 is 4.77. The lowest BCUT2D eigenvalue weighted by Gasteiger charge is -2.10. The smallest absolute Gasteiger partial charge is 0.302 e. The summed E-state index contributed by atoms with van der Waals surface area (Å²) in [5.74, 6) is -0.476. The zero-order chi connectivity index (χ0) is 11.4. The molecule has 1 rings (SSSR count). The summed E-state index contributed by atoms with van der Waals surface area (Å²) in [6.45, 7) is 2.61. The molecule has 5 nitrogen and oxygen atoms in total. The summed E-state index contributed by atoms with van der Waals surface area (Å²) in [7, 11) is 0.